The molecule has 0 radical (unpaired) electrons. The predicted molar refractivity (Wildman–Crippen MR) is 98.7 cm³/mol. The Hall–Kier alpha value is -1.21. The molecule has 0 amide bonds. The Kier molecular flexibility index (Phi) is 4.95. The Morgan fingerprint density at radius 1 is 1.20 bits per heavy atom. The molecule has 0 bridgehead atoms. The molecule has 25 heavy (non-hydrogen) atoms. The molecule has 1 spiro atoms. The van der Waals surface area contributed by atoms with Gasteiger partial charge in [0.05, 0.1) is 18.9 Å². The number of likely N-dealkylation sites (tertiary alicyclic amines) is 1. The molecule has 0 aliphatic carbocycles. The average molecular weight is 362 g/mol. The molecule has 0 unspecified atom stereocenters. The lowest BCUT2D eigenvalue weighted by molar-refractivity contribution is 0.0707. The van der Waals surface area contributed by atoms with Crippen LogP contribution in [0.15, 0.2) is 22.0 Å². The average Bonchev–Trinajstić information content (AvgIpc) is 3.27. The third kappa shape index (κ3) is 3.82. The lowest BCUT2D eigenvalue weighted by Crippen LogP contribution is -2.40. The minimum absolute atomic E-state index is 0.257. The molecule has 5 nitrogen and oxygen atoms in total. The molecule has 136 valence electrons. The second-order valence-corrected chi connectivity index (χ2v) is 8.64. The van der Waals surface area contributed by atoms with Crippen molar-refractivity contribution >= 4 is 11.3 Å². The first-order valence-electron chi connectivity index (χ1n) is 9.10. The van der Waals surface area contributed by atoms with Crippen LogP contribution in [0.25, 0.3) is 0 Å². The molecule has 6 heteroatoms. The first-order chi connectivity index (χ1) is 12.1. The van der Waals surface area contributed by atoms with Crippen molar-refractivity contribution in [3.05, 3.63) is 39.4 Å². The lowest BCUT2D eigenvalue weighted by atomic mass is 9.87. The highest BCUT2D eigenvalue weighted by Crippen LogP contribution is 2.35. The Labute approximate surface area is 153 Å². The van der Waals surface area contributed by atoms with Crippen molar-refractivity contribution in [3.8, 4) is 0 Å². The largest absolute Gasteiger partial charge is 0.379 e. The summed E-state index contributed by atoms with van der Waals surface area (Å²) in [5.41, 5.74) is 2.51. The van der Waals surface area contributed by atoms with Crippen LogP contribution in [0.3, 0.4) is 0 Å². The van der Waals surface area contributed by atoms with Crippen molar-refractivity contribution < 1.29 is 9.26 Å². The van der Waals surface area contributed by atoms with Crippen LogP contribution in [0.4, 0.5) is 0 Å². The van der Waals surface area contributed by atoms with Gasteiger partial charge in [0.2, 0.25) is 0 Å². The SMILES string of the molecule is Cc1noc(C)c1CN1CCOC[C@@]2(CCN(Cc3cccs3)C2)C1. The van der Waals surface area contributed by atoms with Gasteiger partial charge < -0.3 is 9.26 Å². The summed E-state index contributed by atoms with van der Waals surface area (Å²) in [7, 11) is 0. The van der Waals surface area contributed by atoms with E-state index in [-0.39, 0.29) is 5.41 Å². The molecular weight excluding hydrogens is 334 g/mol. The Morgan fingerprint density at radius 3 is 2.76 bits per heavy atom. The molecule has 0 aromatic carbocycles. The summed E-state index contributed by atoms with van der Waals surface area (Å²) >= 11 is 1.85. The van der Waals surface area contributed by atoms with Crippen molar-refractivity contribution in [1.29, 1.82) is 0 Å². The lowest BCUT2D eigenvalue weighted by Gasteiger charge is -2.32. The number of thiophene rings is 1. The molecule has 0 saturated carbocycles. The van der Waals surface area contributed by atoms with Gasteiger partial charge in [-0.25, -0.2) is 0 Å². The van der Waals surface area contributed by atoms with Gasteiger partial charge in [-0.15, -0.1) is 11.3 Å². The number of ether oxygens (including phenoxy) is 1. The fourth-order valence-electron chi connectivity index (χ4n) is 4.20. The summed E-state index contributed by atoms with van der Waals surface area (Å²) in [6.07, 6.45) is 1.22. The molecule has 2 aromatic heterocycles. The molecular formula is C19H27N3O2S. The van der Waals surface area contributed by atoms with Gasteiger partial charge in [-0.3, -0.25) is 9.80 Å². The maximum absolute atomic E-state index is 6.02. The highest BCUT2D eigenvalue weighted by atomic mass is 32.1. The van der Waals surface area contributed by atoms with E-state index in [0.29, 0.717) is 0 Å². The van der Waals surface area contributed by atoms with Crippen LogP contribution in [0.2, 0.25) is 0 Å². The maximum atomic E-state index is 6.02. The molecule has 2 saturated heterocycles. The van der Waals surface area contributed by atoms with E-state index < -0.39 is 0 Å². The highest BCUT2D eigenvalue weighted by Gasteiger charge is 2.41. The van der Waals surface area contributed by atoms with E-state index >= 15 is 0 Å². The van der Waals surface area contributed by atoms with Crippen LogP contribution in [-0.4, -0.2) is 54.3 Å². The first kappa shape index (κ1) is 17.2. The van der Waals surface area contributed by atoms with Crippen LogP contribution in [-0.2, 0) is 17.8 Å². The molecule has 1 atom stereocenters. The normalized spacial score (nSPS) is 25.7. The summed E-state index contributed by atoms with van der Waals surface area (Å²) in [4.78, 5) is 6.59. The second kappa shape index (κ2) is 7.19. The van der Waals surface area contributed by atoms with Gasteiger partial charge in [-0.1, -0.05) is 11.2 Å². The highest BCUT2D eigenvalue weighted by molar-refractivity contribution is 7.09. The monoisotopic (exact) mass is 361 g/mol. The van der Waals surface area contributed by atoms with E-state index in [9.17, 15) is 0 Å². The minimum Gasteiger partial charge on any atom is -0.379 e. The Bertz CT molecular complexity index is 680. The van der Waals surface area contributed by atoms with Crippen LogP contribution < -0.4 is 0 Å². The molecule has 0 N–H and O–H groups in total. The number of aromatic nitrogens is 1. The zero-order valence-corrected chi connectivity index (χ0v) is 16.0. The zero-order valence-electron chi connectivity index (χ0n) is 15.2. The third-order valence-corrected chi connectivity index (χ3v) is 6.42. The van der Waals surface area contributed by atoms with Gasteiger partial charge in [0.1, 0.15) is 5.76 Å². The van der Waals surface area contributed by atoms with E-state index in [4.69, 9.17) is 9.26 Å². The number of aryl methyl sites for hydroxylation is 2. The van der Waals surface area contributed by atoms with Gasteiger partial charge in [-0.2, -0.15) is 0 Å². The molecule has 4 heterocycles. The fraction of sp³-hybridized carbons (Fsp3) is 0.632. The van der Waals surface area contributed by atoms with Crippen molar-refractivity contribution in [2.24, 2.45) is 5.41 Å². The molecule has 2 aliphatic rings. The van der Waals surface area contributed by atoms with Crippen molar-refractivity contribution in [2.45, 2.75) is 33.4 Å². The van der Waals surface area contributed by atoms with Crippen LogP contribution in [0, 0.1) is 19.3 Å². The quantitative estimate of drug-likeness (QED) is 0.837. The van der Waals surface area contributed by atoms with E-state index in [0.717, 1.165) is 57.4 Å². The molecule has 2 aromatic rings. The first-order valence-corrected chi connectivity index (χ1v) is 9.98. The van der Waals surface area contributed by atoms with Crippen molar-refractivity contribution in [3.63, 3.8) is 0 Å². The van der Waals surface area contributed by atoms with Gasteiger partial charge in [0.25, 0.3) is 0 Å². The van der Waals surface area contributed by atoms with Gasteiger partial charge >= 0.3 is 0 Å². The summed E-state index contributed by atoms with van der Waals surface area (Å²) in [5.74, 6) is 0.947. The van der Waals surface area contributed by atoms with Gasteiger partial charge in [0.15, 0.2) is 0 Å². The molecule has 2 aliphatic heterocycles. The number of rotatable bonds is 4. The molecule has 4 rings (SSSR count). The van der Waals surface area contributed by atoms with Gasteiger partial charge in [-0.05, 0) is 38.3 Å². The predicted octanol–water partition coefficient (Wildman–Crippen LogP) is 3.08. The summed E-state index contributed by atoms with van der Waals surface area (Å²) in [5, 5.41) is 6.28. The van der Waals surface area contributed by atoms with Gasteiger partial charge in [0, 0.05) is 48.6 Å². The number of hydrogen-bond acceptors (Lipinski definition) is 6. The second-order valence-electron chi connectivity index (χ2n) is 7.61. The van der Waals surface area contributed by atoms with E-state index in [1.807, 2.05) is 25.2 Å². The van der Waals surface area contributed by atoms with E-state index in [1.165, 1.54) is 23.4 Å². The fourth-order valence-corrected chi connectivity index (χ4v) is 4.95. The van der Waals surface area contributed by atoms with Crippen molar-refractivity contribution in [1.82, 2.24) is 15.0 Å². The topological polar surface area (TPSA) is 41.7 Å². The van der Waals surface area contributed by atoms with Crippen LogP contribution in [0.1, 0.15) is 28.3 Å². The zero-order chi connectivity index (χ0) is 17.3. The van der Waals surface area contributed by atoms with E-state index in [2.05, 4.69) is 32.5 Å². The Balaban J connectivity index is 1.43. The van der Waals surface area contributed by atoms with Crippen LogP contribution >= 0.6 is 11.3 Å². The maximum Gasteiger partial charge on any atom is 0.138 e. The summed E-state index contributed by atoms with van der Waals surface area (Å²) in [6.45, 7) is 12.1. The van der Waals surface area contributed by atoms with E-state index in [1.54, 1.807) is 0 Å². The summed E-state index contributed by atoms with van der Waals surface area (Å²) < 4.78 is 11.4. The van der Waals surface area contributed by atoms with Crippen LogP contribution in [0.5, 0.6) is 0 Å². The number of hydrogen-bond donors (Lipinski definition) is 0. The standard InChI is InChI=1S/C19H27N3O2S/c1-15-18(16(2)24-20-15)11-22-7-8-23-14-19(13-22)5-6-21(12-19)10-17-4-3-9-25-17/h3-4,9H,5-8,10-14H2,1-2H3/t19-/m1/s1. The molecule has 2 fully saturated rings. The summed E-state index contributed by atoms with van der Waals surface area (Å²) in [6, 6.07) is 4.38. The smallest absolute Gasteiger partial charge is 0.138 e. The Morgan fingerprint density at radius 2 is 2.04 bits per heavy atom. The minimum atomic E-state index is 0.257. The van der Waals surface area contributed by atoms with Crippen molar-refractivity contribution in [2.75, 3.05) is 39.4 Å². The number of nitrogens with zero attached hydrogens (tertiary/aromatic N) is 3. The third-order valence-electron chi connectivity index (χ3n) is 5.56.